The fourth-order valence-electron chi connectivity index (χ4n) is 4.02. The Hall–Kier alpha value is -2.51. The van der Waals surface area contributed by atoms with Gasteiger partial charge in [0.25, 0.3) is 0 Å². The Morgan fingerprint density at radius 3 is 2.41 bits per heavy atom. The van der Waals surface area contributed by atoms with E-state index in [-0.39, 0.29) is 22.1 Å². The molecule has 2 aromatic carbocycles. The van der Waals surface area contributed by atoms with Gasteiger partial charge in [0.05, 0.1) is 10.8 Å². The first-order valence-corrected chi connectivity index (χ1v) is 10.3. The molecule has 0 aliphatic heterocycles. The minimum absolute atomic E-state index is 0.0249. The van der Waals surface area contributed by atoms with Crippen molar-refractivity contribution in [1.82, 2.24) is 10.1 Å². The van der Waals surface area contributed by atoms with Crippen molar-refractivity contribution in [2.45, 2.75) is 37.5 Å². The third kappa shape index (κ3) is 2.96. The number of rotatable bonds is 4. The summed E-state index contributed by atoms with van der Waals surface area (Å²) in [6.07, 6.45) is 0. The molecule has 6 nitrogen and oxygen atoms in total. The van der Waals surface area contributed by atoms with E-state index in [0.29, 0.717) is 17.3 Å². The molecular formula is C20H21N3O3S. The first-order chi connectivity index (χ1) is 12.7. The van der Waals surface area contributed by atoms with Crippen molar-refractivity contribution in [3.63, 3.8) is 0 Å². The van der Waals surface area contributed by atoms with E-state index in [4.69, 9.17) is 9.66 Å². The molecule has 1 aromatic heterocycles. The second-order valence-corrected chi connectivity index (χ2v) is 9.14. The molecule has 0 radical (unpaired) electrons. The Morgan fingerprint density at radius 1 is 1.04 bits per heavy atom. The number of hydrogen-bond acceptors (Lipinski definition) is 5. The van der Waals surface area contributed by atoms with E-state index in [1.165, 1.54) is 0 Å². The summed E-state index contributed by atoms with van der Waals surface area (Å²) < 4.78 is 29.3. The lowest BCUT2D eigenvalue weighted by Gasteiger charge is -2.10. The van der Waals surface area contributed by atoms with Crippen molar-refractivity contribution in [2.75, 3.05) is 0 Å². The van der Waals surface area contributed by atoms with Gasteiger partial charge in [-0.05, 0) is 29.5 Å². The third-order valence-electron chi connectivity index (χ3n) is 5.53. The van der Waals surface area contributed by atoms with Crippen LogP contribution in [-0.4, -0.2) is 18.6 Å². The summed E-state index contributed by atoms with van der Waals surface area (Å²) in [5, 5.41) is 9.48. The summed E-state index contributed by atoms with van der Waals surface area (Å²) >= 11 is 0. The molecule has 4 rings (SSSR count). The number of nitrogens with two attached hydrogens (primary N) is 1. The van der Waals surface area contributed by atoms with Crippen LogP contribution in [0.25, 0.3) is 11.4 Å². The van der Waals surface area contributed by atoms with E-state index >= 15 is 0 Å². The number of primary sulfonamides is 1. The molecule has 1 heterocycles. The normalized spacial score (nSPS) is 21.2. The van der Waals surface area contributed by atoms with E-state index < -0.39 is 10.0 Å². The van der Waals surface area contributed by atoms with Gasteiger partial charge in [0, 0.05) is 11.5 Å². The van der Waals surface area contributed by atoms with Gasteiger partial charge in [-0.25, -0.2) is 13.6 Å². The monoisotopic (exact) mass is 383 g/mol. The Labute approximate surface area is 158 Å². The molecule has 7 heteroatoms. The number of sulfonamides is 1. The van der Waals surface area contributed by atoms with Crippen molar-refractivity contribution in [3.05, 3.63) is 65.5 Å². The number of hydrogen-bond donors (Lipinski definition) is 1. The first-order valence-electron chi connectivity index (χ1n) is 8.72. The molecule has 1 fully saturated rings. The quantitative estimate of drug-likeness (QED) is 0.742. The predicted molar refractivity (Wildman–Crippen MR) is 102 cm³/mol. The second kappa shape index (κ2) is 6.00. The smallest absolute Gasteiger partial charge is 0.238 e. The molecule has 0 amide bonds. The highest BCUT2D eigenvalue weighted by molar-refractivity contribution is 7.89. The molecule has 1 aliphatic carbocycles. The summed E-state index contributed by atoms with van der Waals surface area (Å²) in [5.74, 6) is 1.24. The third-order valence-corrected chi connectivity index (χ3v) is 6.59. The molecule has 1 saturated carbocycles. The zero-order chi connectivity index (χ0) is 19.4. The summed E-state index contributed by atoms with van der Waals surface area (Å²) in [6, 6.07) is 14.9. The van der Waals surface area contributed by atoms with Crippen molar-refractivity contribution < 1.29 is 12.9 Å². The lowest BCUT2D eigenvalue weighted by molar-refractivity contribution is 0.368. The van der Waals surface area contributed by atoms with Crippen LogP contribution < -0.4 is 5.14 Å². The van der Waals surface area contributed by atoms with Crippen LogP contribution in [0.4, 0.5) is 0 Å². The summed E-state index contributed by atoms with van der Waals surface area (Å²) in [4.78, 5) is 4.76. The van der Waals surface area contributed by atoms with Crippen LogP contribution >= 0.6 is 0 Å². The van der Waals surface area contributed by atoms with Gasteiger partial charge in [0.2, 0.25) is 21.7 Å². The summed E-state index contributed by atoms with van der Waals surface area (Å²) in [6.45, 7) is 6.04. The van der Waals surface area contributed by atoms with Crippen molar-refractivity contribution in [2.24, 2.45) is 10.6 Å². The molecule has 2 unspecified atom stereocenters. The molecule has 3 aromatic rings. The van der Waals surface area contributed by atoms with Gasteiger partial charge >= 0.3 is 0 Å². The Balaban J connectivity index is 1.71. The summed E-state index contributed by atoms with van der Waals surface area (Å²) in [7, 11) is -3.76. The van der Waals surface area contributed by atoms with Crippen molar-refractivity contribution in [1.29, 1.82) is 0 Å². The Bertz CT molecular complexity index is 1100. The maximum Gasteiger partial charge on any atom is 0.238 e. The van der Waals surface area contributed by atoms with E-state index in [2.05, 4.69) is 24.0 Å². The van der Waals surface area contributed by atoms with Gasteiger partial charge in [-0.15, -0.1) is 0 Å². The maximum absolute atomic E-state index is 11.9. The minimum Gasteiger partial charge on any atom is -0.339 e. The SMILES string of the molecule is Cc1c(C2C(c3nc(-c4ccccc4)no3)C2(C)C)cccc1S(N)(=O)=O. The number of benzene rings is 2. The highest BCUT2D eigenvalue weighted by atomic mass is 32.2. The largest absolute Gasteiger partial charge is 0.339 e. The highest BCUT2D eigenvalue weighted by Gasteiger charge is 2.62. The first kappa shape index (κ1) is 17.9. The van der Waals surface area contributed by atoms with E-state index in [1.807, 2.05) is 36.4 Å². The predicted octanol–water partition coefficient (Wildman–Crippen LogP) is 3.60. The topological polar surface area (TPSA) is 99.1 Å². The van der Waals surface area contributed by atoms with Gasteiger partial charge in [-0.2, -0.15) is 4.98 Å². The fraction of sp³-hybridized carbons (Fsp3) is 0.300. The van der Waals surface area contributed by atoms with Crippen LogP contribution in [0.3, 0.4) is 0 Å². The van der Waals surface area contributed by atoms with Crippen LogP contribution in [0.2, 0.25) is 0 Å². The van der Waals surface area contributed by atoms with E-state index in [9.17, 15) is 8.42 Å². The second-order valence-electron chi connectivity index (χ2n) is 7.61. The van der Waals surface area contributed by atoms with Gasteiger partial charge in [-0.1, -0.05) is 61.5 Å². The Morgan fingerprint density at radius 2 is 1.74 bits per heavy atom. The maximum atomic E-state index is 11.9. The number of nitrogens with zero attached hydrogens (tertiary/aromatic N) is 2. The van der Waals surface area contributed by atoms with Gasteiger partial charge in [-0.3, -0.25) is 0 Å². The van der Waals surface area contributed by atoms with Crippen LogP contribution in [0, 0.1) is 12.3 Å². The summed E-state index contributed by atoms with van der Waals surface area (Å²) in [5.41, 5.74) is 2.41. The molecule has 0 saturated heterocycles. The molecule has 140 valence electrons. The average molecular weight is 383 g/mol. The minimum atomic E-state index is -3.76. The van der Waals surface area contributed by atoms with Crippen molar-refractivity contribution in [3.8, 4) is 11.4 Å². The van der Waals surface area contributed by atoms with Gasteiger partial charge in [0.1, 0.15) is 0 Å². The molecule has 1 aliphatic rings. The van der Waals surface area contributed by atoms with Crippen LogP contribution in [-0.2, 0) is 10.0 Å². The molecule has 2 atom stereocenters. The molecular weight excluding hydrogens is 362 g/mol. The van der Waals surface area contributed by atoms with Crippen molar-refractivity contribution >= 4 is 10.0 Å². The Kier molecular flexibility index (Phi) is 3.98. The molecule has 2 N–H and O–H groups in total. The van der Waals surface area contributed by atoms with Crippen LogP contribution in [0.1, 0.15) is 42.7 Å². The van der Waals surface area contributed by atoms with Crippen LogP contribution in [0.15, 0.2) is 57.9 Å². The highest BCUT2D eigenvalue weighted by Crippen LogP contribution is 2.70. The lowest BCUT2D eigenvalue weighted by Crippen LogP contribution is -2.14. The van der Waals surface area contributed by atoms with E-state index in [1.54, 1.807) is 19.1 Å². The van der Waals surface area contributed by atoms with Gasteiger partial charge in [0.15, 0.2) is 0 Å². The molecule has 0 spiro atoms. The zero-order valence-corrected chi connectivity index (χ0v) is 16.2. The molecule has 27 heavy (non-hydrogen) atoms. The zero-order valence-electron chi connectivity index (χ0n) is 15.4. The number of aromatic nitrogens is 2. The average Bonchev–Trinajstić information content (AvgIpc) is 2.95. The molecule has 0 bridgehead atoms. The van der Waals surface area contributed by atoms with Crippen LogP contribution in [0.5, 0.6) is 0 Å². The standard InChI is InChI=1S/C20H21N3O3S/c1-12-14(10-7-11-15(12)27(21,24)25)16-17(20(16,2)3)19-22-18(23-26-19)13-8-5-4-6-9-13/h4-11,16-17H,1-3H3,(H2,21,24,25). The van der Waals surface area contributed by atoms with Gasteiger partial charge < -0.3 is 4.52 Å². The fourth-order valence-corrected chi connectivity index (χ4v) is 4.83. The lowest BCUT2D eigenvalue weighted by atomic mass is 9.99. The van der Waals surface area contributed by atoms with E-state index in [0.717, 1.165) is 11.1 Å².